The highest BCUT2D eigenvalue weighted by Gasteiger charge is 2.26. The fraction of sp³-hybridized carbons (Fsp3) is 0.360. The molecule has 0 amide bonds. The lowest BCUT2D eigenvalue weighted by Crippen LogP contribution is -2.17. The molecule has 0 spiro atoms. The van der Waals surface area contributed by atoms with Crippen LogP contribution in [0.15, 0.2) is 57.4 Å². The summed E-state index contributed by atoms with van der Waals surface area (Å²) in [6.45, 7) is 10.8. The largest absolute Gasteiger partial charge is 0.460 e. The maximum atomic E-state index is 14.0. The van der Waals surface area contributed by atoms with E-state index in [1.54, 1.807) is 6.07 Å². The van der Waals surface area contributed by atoms with Gasteiger partial charge in [-0.15, -0.1) is 0 Å². The second kappa shape index (κ2) is 6.51. The molecular formula is C25H27FO2. The molecule has 146 valence electrons. The number of rotatable bonds is 4. The third kappa shape index (κ3) is 3.34. The summed E-state index contributed by atoms with van der Waals surface area (Å²) in [6, 6.07) is 15.3. The van der Waals surface area contributed by atoms with Crippen molar-refractivity contribution in [1.29, 1.82) is 0 Å². The Kier molecular flexibility index (Phi) is 4.37. The van der Waals surface area contributed by atoms with Gasteiger partial charge in [-0.3, -0.25) is 0 Å². The first-order valence-corrected chi connectivity index (χ1v) is 9.86. The second-order valence-electron chi connectivity index (χ2n) is 9.34. The molecule has 2 aromatic heterocycles. The molecule has 0 atom stereocenters. The van der Waals surface area contributed by atoms with Gasteiger partial charge in [0.1, 0.15) is 28.5 Å². The molecule has 2 aromatic carbocycles. The van der Waals surface area contributed by atoms with Crippen LogP contribution in [0.1, 0.15) is 58.1 Å². The first-order valence-electron chi connectivity index (χ1n) is 9.86. The minimum Gasteiger partial charge on any atom is -0.460 e. The number of fused-ring (bicyclic) bond motifs is 2. The Bertz CT molecular complexity index is 1140. The highest BCUT2D eigenvalue weighted by atomic mass is 19.1. The Labute approximate surface area is 165 Å². The van der Waals surface area contributed by atoms with Crippen molar-refractivity contribution in [2.75, 3.05) is 0 Å². The van der Waals surface area contributed by atoms with Crippen LogP contribution in [-0.2, 0) is 17.3 Å². The Morgan fingerprint density at radius 1 is 0.857 bits per heavy atom. The summed E-state index contributed by atoms with van der Waals surface area (Å²) in [5, 5.41) is 1.69. The molecule has 2 heterocycles. The van der Waals surface area contributed by atoms with Crippen LogP contribution in [0.5, 0.6) is 0 Å². The second-order valence-corrected chi connectivity index (χ2v) is 9.34. The van der Waals surface area contributed by atoms with Crippen LogP contribution >= 0.6 is 0 Å². The topological polar surface area (TPSA) is 26.3 Å². The normalized spacial score (nSPS) is 12.9. The summed E-state index contributed by atoms with van der Waals surface area (Å²) in [4.78, 5) is 0. The smallest absolute Gasteiger partial charge is 0.137 e. The van der Waals surface area contributed by atoms with E-state index in [0.29, 0.717) is 11.0 Å². The zero-order valence-electron chi connectivity index (χ0n) is 17.2. The highest BCUT2D eigenvalue weighted by molar-refractivity contribution is 5.81. The van der Waals surface area contributed by atoms with Crippen molar-refractivity contribution < 1.29 is 13.2 Å². The van der Waals surface area contributed by atoms with E-state index >= 15 is 0 Å². The van der Waals surface area contributed by atoms with Gasteiger partial charge in [0.05, 0.1) is 5.39 Å². The van der Waals surface area contributed by atoms with Crippen molar-refractivity contribution in [2.24, 2.45) is 0 Å². The SMILES string of the molecule is CC(C)(C)c1cc2cccc(CCC(C)(C)c3cc4c(F)cccc4o3)c2o1. The van der Waals surface area contributed by atoms with Gasteiger partial charge in [0.15, 0.2) is 0 Å². The number of aryl methyl sites for hydroxylation is 1. The average molecular weight is 378 g/mol. The van der Waals surface area contributed by atoms with Gasteiger partial charge in [-0.1, -0.05) is 58.9 Å². The molecule has 2 nitrogen and oxygen atoms in total. The molecule has 0 aliphatic rings. The van der Waals surface area contributed by atoms with Crippen molar-refractivity contribution in [3.63, 3.8) is 0 Å². The predicted octanol–water partition coefficient (Wildman–Crippen LogP) is 7.53. The molecule has 0 radical (unpaired) electrons. The minimum absolute atomic E-state index is 0.0199. The Hall–Kier alpha value is -2.55. The molecule has 0 saturated carbocycles. The van der Waals surface area contributed by atoms with Gasteiger partial charge in [0.2, 0.25) is 0 Å². The van der Waals surface area contributed by atoms with Crippen molar-refractivity contribution in [2.45, 2.75) is 58.3 Å². The van der Waals surface area contributed by atoms with E-state index in [1.807, 2.05) is 12.1 Å². The number of benzene rings is 2. The molecular weight excluding hydrogens is 351 g/mol. The molecule has 4 aromatic rings. The maximum absolute atomic E-state index is 14.0. The van der Waals surface area contributed by atoms with Crippen LogP contribution in [0.2, 0.25) is 0 Å². The summed E-state index contributed by atoms with van der Waals surface area (Å²) >= 11 is 0. The summed E-state index contributed by atoms with van der Waals surface area (Å²) < 4.78 is 26.2. The van der Waals surface area contributed by atoms with E-state index in [4.69, 9.17) is 8.83 Å². The molecule has 0 bridgehead atoms. The van der Waals surface area contributed by atoms with Crippen LogP contribution in [0, 0.1) is 5.82 Å². The first-order chi connectivity index (χ1) is 13.1. The van der Waals surface area contributed by atoms with E-state index in [0.717, 1.165) is 35.3 Å². The molecule has 0 unspecified atom stereocenters. The van der Waals surface area contributed by atoms with Gasteiger partial charge in [0.25, 0.3) is 0 Å². The lowest BCUT2D eigenvalue weighted by molar-refractivity contribution is 0.377. The van der Waals surface area contributed by atoms with Crippen LogP contribution in [0.25, 0.3) is 21.9 Å². The minimum atomic E-state index is -0.238. The molecule has 0 fully saturated rings. The molecule has 3 heteroatoms. The van der Waals surface area contributed by atoms with Crippen LogP contribution in [0.3, 0.4) is 0 Å². The van der Waals surface area contributed by atoms with Gasteiger partial charge in [-0.25, -0.2) is 4.39 Å². The number of furan rings is 2. The molecule has 0 aliphatic heterocycles. The molecule has 0 saturated heterocycles. The van der Waals surface area contributed by atoms with E-state index in [2.05, 4.69) is 58.9 Å². The Morgan fingerprint density at radius 2 is 1.61 bits per heavy atom. The quantitative estimate of drug-likeness (QED) is 0.367. The third-order valence-electron chi connectivity index (χ3n) is 5.56. The van der Waals surface area contributed by atoms with E-state index < -0.39 is 0 Å². The monoisotopic (exact) mass is 378 g/mol. The van der Waals surface area contributed by atoms with Crippen LogP contribution in [0.4, 0.5) is 4.39 Å². The standard InChI is InChI=1S/C25H27FO2/c1-24(2,3)21-14-17-9-6-8-16(23(17)28-21)12-13-25(4,5)22-15-18-19(26)10-7-11-20(18)27-22/h6-11,14-15H,12-13H2,1-5H3. The van der Waals surface area contributed by atoms with E-state index in [9.17, 15) is 4.39 Å². The number of halogens is 1. The average Bonchev–Trinajstić information content (AvgIpc) is 3.25. The molecule has 4 rings (SSSR count). The van der Waals surface area contributed by atoms with Gasteiger partial charge >= 0.3 is 0 Å². The molecule has 0 aliphatic carbocycles. The highest BCUT2D eigenvalue weighted by Crippen LogP contribution is 2.36. The van der Waals surface area contributed by atoms with E-state index in [-0.39, 0.29) is 16.6 Å². The van der Waals surface area contributed by atoms with Gasteiger partial charge in [-0.05, 0) is 42.7 Å². The van der Waals surface area contributed by atoms with Crippen LogP contribution in [-0.4, -0.2) is 0 Å². The summed E-state index contributed by atoms with van der Waals surface area (Å²) in [5.74, 6) is 1.58. The van der Waals surface area contributed by atoms with Crippen molar-refractivity contribution in [1.82, 2.24) is 0 Å². The number of hydrogen-bond acceptors (Lipinski definition) is 2. The lowest BCUT2D eigenvalue weighted by atomic mass is 9.83. The Morgan fingerprint density at radius 3 is 2.32 bits per heavy atom. The Balaban J connectivity index is 1.62. The van der Waals surface area contributed by atoms with Crippen molar-refractivity contribution >= 4 is 21.9 Å². The maximum Gasteiger partial charge on any atom is 0.137 e. The van der Waals surface area contributed by atoms with Gasteiger partial charge < -0.3 is 8.83 Å². The van der Waals surface area contributed by atoms with Crippen LogP contribution < -0.4 is 0 Å². The predicted molar refractivity (Wildman–Crippen MR) is 112 cm³/mol. The lowest BCUT2D eigenvalue weighted by Gasteiger charge is -2.22. The fourth-order valence-corrected chi connectivity index (χ4v) is 3.62. The zero-order valence-corrected chi connectivity index (χ0v) is 17.2. The van der Waals surface area contributed by atoms with E-state index in [1.165, 1.54) is 11.6 Å². The summed E-state index contributed by atoms with van der Waals surface area (Å²) in [5.41, 5.74) is 2.54. The van der Waals surface area contributed by atoms with Gasteiger partial charge in [0, 0.05) is 16.2 Å². The summed E-state index contributed by atoms with van der Waals surface area (Å²) in [7, 11) is 0. The first kappa shape index (κ1) is 18.8. The van der Waals surface area contributed by atoms with Gasteiger partial charge in [-0.2, -0.15) is 0 Å². The summed E-state index contributed by atoms with van der Waals surface area (Å²) in [6.07, 6.45) is 1.74. The number of para-hydroxylation sites is 1. The zero-order chi connectivity index (χ0) is 20.1. The van der Waals surface area contributed by atoms with Crippen molar-refractivity contribution in [3.8, 4) is 0 Å². The molecule has 28 heavy (non-hydrogen) atoms. The number of hydrogen-bond donors (Lipinski definition) is 0. The third-order valence-corrected chi connectivity index (χ3v) is 5.56. The fourth-order valence-electron chi connectivity index (χ4n) is 3.62. The van der Waals surface area contributed by atoms with Crippen molar-refractivity contribution in [3.05, 3.63) is 71.4 Å². The molecule has 0 N–H and O–H groups in total.